The number of nitro benzene ring substituents is 1. The van der Waals surface area contributed by atoms with Crippen LogP contribution in [0.15, 0.2) is 29.8 Å². The van der Waals surface area contributed by atoms with Gasteiger partial charge in [-0.05, 0) is 18.6 Å². The van der Waals surface area contributed by atoms with Crippen molar-refractivity contribution in [1.82, 2.24) is 0 Å². The summed E-state index contributed by atoms with van der Waals surface area (Å²) in [5, 5.41) is 10.7. The molecule has 0 amide bonds. The lowest BCUT2D eigenvalue weighted by Crippen LogP contribution is -2.19. The van der Waals surface area contributed by atoms with E-state index in [4.69, 9.17) is 4.74 Å². The van der Waals surface area contributed by atoms with Crippen molar-refractivity contribution in [2.24, 2.45) is 5.92 Å². The molecule has 0 saturated heterocycles. The third-order valence-electron chi connectivity index (χ3n) is 2.68. The molecule has 0 radical (unpaired) electrons. The third kappa shape index (κ3) is 4.52. The topological polar surface area (TPSA) is 86.5 Å². The van der Waals surface area contributed by atoms with Crippen molar-refractivity contribution in [2.75, 3.05) is 6.61 Å². The molecule has 0 aliphatic heterocycles. The minimum Gasteiger partial charge on any atom is -0.462 e. The molecule has 0 aromatic heterocycles. The molecule has 0 atom stereocenters. The van der Waals surface area contributed by atoms with E-state index in [1.165, 1.54) is 24.3 Å². The highest BCUT2D eigenvalue weighted by molar-refractivity contribution is 6.21. The van der Waals surface area contributed by atoms with Gasteiger partial charge in [0.25, 0.3) is 5.69 Å². The Morgan fingerprint density at radius 1 is 1.38 bits per heavy atom. The maximum atomic E-state index is 12.1. The summed E-state index contributed by atoms with van der Waals surface area (Å²) in [6.45, 7) is 5.13. The van der Waals surface area contributed by atoms with Crippen LogP contribution < -0.4 is 0 Å². The molecule has 6 nitrogen and oxygen atoms in total. The van der Waals surface area contributed by atoms with Crippen LogP contribution in [0, 0.1) is 16.0 Å². The predicted octanol–water partition coefficient (Wildman–Crippen LogP) is 2.77. The van der Waals surface area contributed by atoms with Gasteiger partial charge in [0.1, 0.15) is 5.57 Å². The van der Waals surface area contributed by atoms with E-state index in [0.29, 0.717) is 5.56 Å². The number of benzene rings is 1. The van der Waals surface area contributed by atoms with Crippen LogP contribution in [0.5, 0.6) is 0 Å². The number of nitrogens with zero attached hydrogens (tertiary/aromatic N) is 1. The summed E-state index contributed by atoms with van der Waals surface area (Å²) in [7, 11) is 0. The summed E-state index contributed by atoms with van der Waals surface area (Å²) in [6.07, 6.45) is 1.33. The summed E-state index contributed by atoms with van der Waals surface area (Å²) in [5.41, 5.74) is 0.192. The average Bonchev–Trinajstić information content (AvgIpc) is 2.44. The van der Waals surface area contributed by atoms with E-state index in [1.807, 2.05) is 0 Å². The monoisotopic (exact) mass is 291 g/mol. The fraction of sp³-hybridized carbons (Fsp3) is 0.333. The molecule has 0 aliphatic rings. The molecule has 0 bridgehead atoms. The number of hydrogen-bond donors (Lipinski definition) is 0. The Bertz CT molecular complexity index is 589. The van der Waals surface area contributed by atoms with Crippen LogP contribution in [0.1, 0.15) is 26.3 Å². The molecule has 0 saturated carbocycles. The van der Waals surface area contributed by atoms with E-state index in [-0.39, 0.29) is 29.6 Å². The number of non-ortho nitro benzene ring substituents is 1. The second-order valence-electron chi connectivity index (χ2n) is 4.65. The van der Waals surface area contributed by atoms with Gasteiger partial charge in [-0.25, -0.2) is 4.79 Å². The van der Waals surface area contributed by atoms with Crippen LogP contribution in [0.3, 0.4) is 0 Å². The minimum atomic E-state index is -0.720. The number of hydrogen-bond acceptors (Lipinski definition) is 5. The molecule has 0 heterocycles. The van der Waals surface area contributed by atoms with Crippen molar-refractivity contribution < 1.29 is 19.2 Å². The quantitative estimate of drug-likeness (QED) is 0.201. The number of carbonyl (C=O) groups excluding carboxylic acids is 2. The van der Waals surface area contributed by atoms with E-state index in [2.05, 4.69) is 0 Å². The van der Waals surface area contributed by atoms with E-state index in [0.717, 1.165) is 0 Å². The lowest BCUT2D eigenvalue weighted by molar-refractivity contribution is -0.384. The maximum absolute atomic E-state index is 12.1. The highest BCUT2D eigenvalue weighted by atomic mass is 16.6. The van der Waals surface area contributed by atoms with Crippen LogP contribution in [0.25, 0.3) is 6.08 Å². The number of rotatable bonds is 6. The van der Waals surface area contributed by atoms with E-state index >= 15 is 0 Å². The second-order valence-corrected chi connectivity index (χ2v) is 4.65. The molecule has 0 fully saturated rings. The molecule has 0 spiro atoms. The molecule has 0 aliphatic carbocycles. The number of esters is 1. The molecule has 112 valence electrons. The molecular formula is C15H17NO5. The van der Waals surface area contributed by atoms with Gasteiger partial charge in [-0.3, -0.25) is 14.9 Å². The van der Waals surface area contributed by atoms with Crippen molar-refractivity contribution in [3.05, 3.63) is 45.5 Å². The Labute approximate surface area is 122 Å². The van der Waals surface area contributed by atoms with Gasteiger partial charge in [-0.2, -0.15) is 0 Å². The largest absolute Gasteiger partial charge is 0.462 e. The predicted molar refractivity (Wildman–Crippen MR) is 77.6 cm³/mol. The van der Waals surface area contributed by atoms with Gasteiger partial charge < -0.3 is 4.74 Å². The first-order chi connectivity index (χ1) is 9.86. The van der Waals surface area contributed by atoms with Gasteiger partial charge in [-0.1, -0.05) is 26.0 Å². The Kier molecular flexibility index (Phi) is 5.78. The summed E-state index contributed by atoms with van der Waals surface area (Å²) in [6, 6.07) is 5.71. The molecule has 6 heteroatoms. The molecule has 0 unspecified atom stereocenters. The minimum absolute atomic E-state index is 0.104. The molecule has 1 aromatic rings. The molecule has 21 heavy (non-hydrogen) atoms. The van der Waals surface area contributed by atoms with Crippen molar-refractivity contribution in [2.45, 2.75) is 20.8 Å². The number of ketones is 1. The van der Waals surface area contributed by atoms with E-state index < -0.39 is 10.9 Å². The van der Waals surface area contributed by atoms with Crippen molar-refractivity contribution in [1.29, 1.82) is 0 Å². The highest BCUT2D eigenvalue weighted by Gasteiger charge is 2.22. The number of nitro groups is 1. The second kappa shape index (κ2) is 7.33. The normalized spacial score (nSPS) is 11.3. The van der Waals surface area contributed by atoms with Gasteiger partial charge in [0.05, 0.1) is 11.5 Å². The fourth-order valence-electron chi connectivity index (χ4n) is 1.65. The average molecular weight is 291 g/mol. The Morgan fingerprint density at radius 3 is 2.57 bits per heavy atom. The van der Waals surface area contributed by atoms with Crippen molar-refractivity contribution in [3.63, 3.8) is 0 Å². The van der Waals surface area contributed by atoms with Gasteiger partial charge in [0, 0.05) is 18.1 Å². The van der Waals surface area contributed by atoms with Crippen LogP contribution in [-0.4, -0.2) is 23.3 Å². The van der Waals surface area contributed by atoms with Gasteiger partial charge >= 0.3 is 5.97 Å². The van der Waals surface area contributed by atoms with Crippen molar-refractivity contribution in [3.8, 4) is 0 Å². The Hall–Kier alpha value is -2.50. The first-order valence-corrected chi connectivity index (χ1v) is 6.54. The van der Waals surface area contributed by atoms with Crippen LogP contribution >= 0.6 is 0 Å². The summed E-state index contributed by atoms with van der Waals surface area (Å²) >= 11 is 0. The van der Waals surface area contributed by atoms with Crippen LogP contribution in [-0.2, 0) is 14.3 Å². The lowest BCUT2D eigenvalue weighted by atomic mass is 9.99. The number of ether oxygens (including phenoxy) is 1. The zero-order valence-electron chi connectivity index (χ0n) is 12.2. The smallest absolute Gasteiger partial charge is 0.341 e. The molecule has 1 rings (SSSR count). The highest BCUT2D eigenvalue weighted by Crippen LogP contribution is 2.18. The standard InChI is InChI=1S/C15H17NO5/c1-4-21-15(18)13(14(17)10(2)3)9-11-6-5-7-12(8-11)16(19)20/h5-10H,4H2,1-3H3. The lowest BCUT2D eigenvalue weighted by Gasteiger charge is -2.08. The van der Waals surface area contributed by atoms with Gasteiger partial charge in [-0.15, -0.1) is 0 Å². The zero-order chi connectivity index (χ0) is 16.0. The SMILES string of the molecule is CCOC(=O)C(=Cc1cccc([N+](=O)[O-])c1)C(=O)C(C)C. The summed E-state index contributed by atoms with van der Waals surface area (Å²) < 4.78 is 4.86. The molecule has 1 aromatic carbocycles. The third-order valence-corrected chi connectivity index (χ3v) is 2.68. The van der Waals surface area contributed by atoms with Crippen LogP contribution in [0.4, 0.5) is 5.69 Å². The number of carbonyl (C=O) groups is 2. The Balaban J connectivity index is 3.24. The van der Waals surface area contributed by atoms with Gasteiger partial charge in [0.2, 0.25) is 0 Å². The zero-order valence-corrected chi connectivity index (χ0v) is 12.2. The van der Waals surface area contributed by atoms with Gasteiger partial charge in [0.15, 0.2) is 5.78 Å². The van der Waals surface area contributed by atoms with E-state index in [9.17, 15) is 19.7 Å². The summed E-state index contributed by atoms with van der Waals surface area (Å²) in [5.74, 6) is -1.46. The van der Waals surface area contributed by atoms with E-state index in [1.54, 1.807) is 26.8 Å². The van der Waals surface area contributed by atoms with Crippen molar-refractivity contribution >= 4 is 23.5 Å². The number of Topliss-reactive ketones (excluding diaryl/α,β-unsaturated/α-hetero) is 1. The molecular weight excluding hydrogens is 274 g/mol. The Morgan fingerprint density at radius 2 is 2.05 bits per heavy atom. The van der Waals surface area contributed by atoms with Crippen LogP contribution in [0.2, 0.25) is 0 Å². The maximum Gasteiger partial charge on any atom is 0.341 e. The fourth-order valence-corrected chi connectivity index (χ4v) is 1.65. The first kappa shape index (κ1) is 16.6. The summed E-state index contributed by atoms with van der Waals surface area (Å²) in [4.78, 5) is 34.2. The molecule has 0 N–H and O–H groups in total. The first-order valence-electron chi connectivity index (χ1n) is 6.54.